The summed E-state index contributed by atoms with van der Waals surface area (Å²) in [5, 5.41) is 7.49. The summed E-state index contributed by atoms with van der Waals surface area (Å²) in [6, 6.07) is 14.6. The van der Waals surface area contributed by atoms with Crippen LogP contribution in [0.4, 0.5) is 8.78 Å². The molecule has 10 heteroatoms. The summed E-state index contributed by atoms with van der Waals surface area (Å²) in [6.45, 7) is 2.76. The summed E-state index contributed by atoms with van der Waals surface area (Å²) in [7, 11) is 0. The molecule has 2 fully saturated rings. The number of alkyl halides is 2. The molecule has 4 N–H and O–H groups in total. The number of fused-ring (bicyclic) bond motifs is 5. The molecule has 6 heterocycles. The number of halogens is 2. The highest BCUT2D eigenvalue weighted by molar-refractivity contribution is 5.92. The molecule has 2 saturated heterocycles. The highest BCUT2D eigenvalue weighted by Gasteiger charge is 2.41. The predicted molar refractivity (Wildman–Crippen MR) is 148 cm³/mol. The van der Waals surface area contributed by atoms with Gasteiger partial charge in [0.25, 0.3) is 5.92 Å². The first-order chi connectivity index (χ1) is 19.4. The van der Waals surface area contributed by atoms with Gasteiger partial charge in [-0.3, -0.25) is 0 Å². The van der Waals surface area contributed by atoms with Crippen LogP contribution in [0.3, 0.4) is 0 Å². The van der Waals surface area contributed by atoms with Gasteiger partial charge in [-0.2, -0.15) is 0 Å². The van der Waals surface area contributed by atoms with Crippen molar-refractivity contribution in [1.82, 2.24) is 35.1 Å². The maximum absolute atomic E-state index is 13.7. The first-order valence-corrected chi connectivity index (χ1v) is 13.8. The van der Waals surface area contributed by atoms with Gasteiger partial charge in [0.2, 0.25) is 0 Å². The van der Waals surface area contributed by atoms with Gasteiger partial charge in [0.1, 0.15) is 17.4 Å². The van der Waals surface area contributed by atoms with E-state index in [-0.39, 0.29) is 19.2 Å². The highest BCUT2D eigenvalue weighted by atomic mass is 19.3. The Morgan fingerprint density at radius 3 is 2.40 bits per heavy atom. The zero-order valence-corrected chi connectivity index (χ0v) is 22.0. The molecule has 5 aromatic rings. The quantitative estimate of drug-likeness (QED) is 0.221. The molecule has 8 rings (SSSR count). The number of benzene rings is 2. The monoisotopic (exact) mass is 541 g/mol. The molecular formula is C30H29F2N7O. The molecule has 3 aliphatic heterocycles. The lowest BCUT2D eigenvalue weighted by molar-refractivity contribution is 0.0208. The van der Waals surface area contributed by atoms with Gasteiger partial charge in [0.05, 0.1) is 53.6 Å². The van der Waals surface area contributed by atoms with Crippen LogP contribution >= 0.6 is 0 Å². The third-order valence-electron chi connectivity index (χ3n) is 8.40. The fraction of sp³-hybridized carbons (Fsp3) is 0.333. The molecular weight excluding hydrogens is 512 g/mol. The molecule has 0 amide bonds. The summed E-state index contributed by atoms with van der Waals surface area (Å²) in [4.78, 5) is 15.8. The first-order valence-electron chi connectivity index (χ1n) is 13.8. The second-order valence-electron chi connectivity index (χ2n) is 11.1. The summed E-state index contributed by atoms with van der Waals surface area (Å²) in [5.41, 5.74) is 6.99. The molecule has 3 atom stereocenters. The number of ether oxygens (including phenoxy) is 1. The summed E-state index contributed by atoms with van der Waals surface area (Å²) >= 11 is 0. The van der Waals surface area contributed by atoms with E-state index < -0.39 is 12.0 Å². The highest BCUT2D eigenvalue weighted by Crippen LogP contribution is 2.44. The number of nitrogens with zero attached hydrogens (tertiary/aromatic N) is 3. The van der Waals surface area contributed by atoms with Crippen LogP contribution in [0.1, 0.15) is 56.1 Å². The predicted octanol–water partition coefficient (Wildman–Crippen LogP) is 6.09. The average Bonchev–Trinajstić information content (AvgIpc) is 3.76. The number of rotatable bonds is 4. The van der Waals surface area contributed by atoms with Crippen molar-refractivity contribution in [1.29, 1.82) is 0 Å². The molecule has 0 bridgehead atoms. The van der Waals surface area contributed by atoms with Crippen LogP contribution in [-0.2, 0) is 0 Å². The molecule has 8 nitrogen and oxygen atoms in total. The summed E-state index contributed by atoms with van der Waals surface area (Å²) < 4.78 is 36.0. The Kier molecular flexibility index (Phi) is 5.21. The van der Waals surface area contributed by atoms with E-state index in [1.54, 1.807) is 6.20 Å². The molecule has 0 spiro atoms. The van der Waals surface area contributed by atoms with Crippen LogP contribution in [0.15, 0.2) is 54.9 Å². The van der Waals surface area contributed by atoms with Crippen molar-refractivity contribution in [2.45, 2.75) is 50.4 Å². The van der Waals surface area contributed by atoms with Gasteiger partial charge < -0.3 is 29.9 Å². The Labute approximate surface area is 229 Å². The lowest BCUT2D eigenvalue weighted by Gasteiger charge is -2.27. The SMILES string of the molecule is CC1Oc2cc(-c3cnc([C@@H]4CC(F)(F)CN4)[nH]3)ccc2-c2cc3cc(-c4cnc([C@@H]5CCCN5)[nH]4)ccc3n21. The van der Waals surface area contributed by atoms with Gasteiger partial charge in [-0.05, 0) is 56.6 Å². The number of aromatic nitrogens is 5. The van der Waals surface area contributed by atoms with E-state index in [4.69, 9.17) is 4.74 Å². The number of hydrogen-bond acceptors (Lipinski definition) is 5. The zero-order valence-electron chi connectivity index (χ0n) is 22.0. The van der Waals surface area contributed by atoms with Crippen molar-refractivity contribution in [3.05, 3.63) is 66.5 Å². The van der Waals surface area contributed by atoms with Crippen LogP contribution in [0.25, 0.3) is 44.7 Å². The molecule has 204 valence electrons. The molecule has 0 aliphatic carbocycles. The Morgan fingerprint density at radius 1 is 0.925 bits per heavy atom. The van der Waals surface area contributed by atoms with Crippen LogP contribution in [0.2, 0.25) is 0 Å². The Hall–Kier alpha value is -4.02. The second kappa shape index (κ2) is 8.74. The van der Waals surface area contributed by atoms with Crippen LogP contribution < -0.4 is 15.4 Å². The minimum Gasteiger partial charge on any atom is -0.470 e. The van der Waals surface area contributed by atoms with Gasteiger partial charge in [-0.25, -0.2) is 18.7 Å². The second-order valence-corrected chi connectivity index (χ2v) is 11.1. The number of imidazole rings is 2. The molecule has 2 aromatic carbocycles. The van der Waals surface area contributed by atoms with Gasteiger partial charge >= 0.3 is 0 Å². The number of H-pyrrole nitrogens is 2. The van der Waals surface area contributed by atoms with E-state index in [2.05, 4.69) is 65.5 Å². The van der Waals surface area contributed by atoms with Crippen molar-refractivity contribution in [3.63, 3.8) is 0 Å². The van der Waals surface area contributed by atoms with Crippen molar-refractivity contribution < 1.29 is 13.5 Å². The van der Waals surface area contributed by atoms with Gasteiger partial charge in [0.15, 0.2) is 6.23 Å². The Morgan fingerprint density at radius 2 is 1.68 bits per heavy atom. The number of aromatic amines is 2. The fourth-order valence-electron chi connectivity index (χ4n) is 6.39. The summed E-state index contributed by atoms with van der Waals surface area (Å²) in [6.07, 6.45) is 5.45. The Balaban J connectivity index is 1.11. The number of hydrogen-bond donors (Lipinski definition) is 4. The fourth-order valence-corrected chi connectivity index (χ4v) is 6.39. The van der Waals surface area contributed by atoms with Gasteiger partial charge in [-0.1, -0.05) is 12.1 Å². The molecule has 1 unspecified atom stereocenters. The van der Waals surface area contributed by atoms with Crippen LogP contribution in [-0.4, -0.2) is 43.5 Å². The van der Waals surface area contributed by atoms with Crippen molar-refractivity contribution in [2.75, 3.05) is 13.1 Å². The summed E-state index contributed by atoms with van der Waals surface area (Å²) in [5.74, 6) is -0.401. The van der Waals surface area contributed by atoms with Gasteiger partial charge in [0, 0.05) is 28.5 Å². The van der Waals surface area contributed by atoms with E-state index in [1.165, 1.54) is 6.42 Å². The minimum absolute atomic E-state index is 0.199. The maximum Gasteiger partial charge on any atom is 0.262 e. The first kappa shape index (κ1) is 23.8. The zero-order chi connectivity index (χ0) is 27.0. The lowest BCUT2D eigenvalue weighted by Crippen LogP contribution is -2.19. The lowest BCUT2D eigenvalue weighted by atomic mass is 10.0. The van der Waals surface area contributed by atoms with E-state index in [9.17, 15) is 8.78 Å². The van der Waals surface area contributed by atoms with Crippen molar-refractivity contribution in [3.8, 4) is 39.5 Å². The maximum atomic E-state index is 13.7. The van der Waals surface area contributed by atoms with E-state index in [1.807, 2.05) is 25.3 Å². The van der Waals surface area contributed by atoms with Crippen molar-refractivity contribution in [2.24, 2.45) is 0 Å². The smallest absolute Gasteiger partial charge is 0.262 e. The normalized spacial score (nSPS) is 23.3. The van der Waals surface area contributed by atoms with Crippen LogP contribution in [0, 0.1) is 0 Å². The minimum atomic E-state index is -2.71. The topological polar surface area (TPSA) is 95.6 Å². The molecule has 40 heavy (non-hydrogen) atoms. The molecule has 3 aliphatic rings. The largest absolute Gasteiger partial charge is 0.470 e. The van der Waals surface area contributed by atoms with Crippen LogP contribution in [0.5, 0.6) is 5.75 Å². The Bertz CT molecular complexity index is 1750. The average molecular weight is 542 g/mol. The van der Waals surface area contributed by atoms with Gasteiger partial charge in [-0.15, -0.1) is 0 Å². The van der Waals surface area contributed by atoms with E-state index in [0.29, 0.717) is 11.9 Å². The third kappa shape index (κ3) is 3.85. The van der Waals surface area contributed by atoms with E-state index in [0.717, 1.165) is 69.2 Å². The standard InChI is InChI=1S/C30H29F2N7O/c1-16-39-25-7-5-17(23-13-34-28(37-23)21-3-2-8-33-21)9-19(25)10-26(39)20-6-4-18(11-27(20)40-16)24-14-35-29(38-24)22-12-30(31,32)15-36-22/h4-7,9-11,13-14,16,21-22,33,36H,2-3,8,12,15H2,1H3,(H,34,37)(H,35,38)/t16?,21-,22-/m0/s1. The number of nitrogens with one attached hydrogen (secondary N) is 4. The van der Waals surface area contributed by atoms with Crippen molar-refractivity contribution >= 4 is 10.9 Å². The molecule has 0 radical (unpaired) electrons. The third-order valence-corrected chi connectivity index (χ3v) is 8.40. The molecule has 3 aromatic heterocycles. The van der Waals surface area contributed by atoms with E-state index >= 15 is 0 Å². The molecule has 0 saturated carbocycles.